The zero-order chi connectivity index (χ0) is 66.0. The molecule has 0 bridgehead atoms. The fourth-order valence-electron chi connectivity index (χ4n) is 14.3. The van der Waals surface area contributed by atoms with Gasteiger partial charge < -0.3 is 18.0 Å². The molecule has 0 fully saturated rings. The topological polar surface area (TPSA) is 113 Å². The normalized spacial score (nSPS) is 11.6. The maximum atomic E-state index is 6.82. The molecule has 10 heteroatoms. The molecule has 0 radical (unpaired) electrons. The van der Waals surface area contributed by atoms with E-state index >= 15 is 0 Å². The molecule has 0 aliphatic carbocycles. The average Bonchev–Trinajstić information content (AvgIpc) is 1.58. The van der Waals surface area contributed by atoms with Gasteiger partial charge in [-0.05, 0) is 76.9 Å². The second kappa shape index (κ2) is 24.2. The maximum absolute atomic E-state index is 6.82. The van der Waals surface area contributed by atoms with Gasteiger partial charge in [0.2, 0.25) is 0 Å². The number of benzene rings is 14. The van der Waals surface area contributed by atoms with Crippen LogP contribution in [0.3, 0.4) is 0 Å². The van der Waals surface area contributed by atoms with E-state index in [9.17, 15) is 0 Å². The molecule has 0 N–H and O–H groups in total. The van der Waals surface area contributed by atoms with Crippen molar-refractivity contribution in [1.82, 2.24) is 39.0 Å². The van der Waals surface area contributed by atoms with Crippen LogP contribution in [0.2, 0.25) is 0 Å². The number of nitrogens with zero attached hydrogens (tertiary/aromatic N) is 8. The highest BCUT2D eigenvalue weighted by Crippen LogP contribution is 2.45. The van der Waals surface area contributed by atoms with Gasteiger partial charge in [0.05, 0.1) is 33.4 Å². The Kier molecular flexibility index (Phi) is 14.0. The van der Waals surface area contributed by atoms with E-state index in [0.29, 0.717) is 34.9 Å². The third-order valence-electron chi connectivity index (χ3n) is 18.9. The molecule has 6 aromatic heterocycles. The Balaban J connectivity index is 0.000000139. The molecule has 0 atom stereocenters. The van der Waals surface area contributed by atoms with Crippen LogP contribution in [0.5, 0.6) is 0 Å². The van der Waals surface area contributed by atoms with Gasteiger partial charge in [-0.15, -0.1) is 0 Å². The first kappa shape index (κ1) is 57.7. The second-order valence-corrected chi connectivity index (χ2v) is 24.8. The Bertz CT molecular complexity index is 6390. The first-order chi connectivity index (χ1) is 49.6. The minimum atomic E-state index is 0.598. The predicted molar refractivity (Wildman–Crippen MR) is 406 cm³/mol. The Morgan fingerprint density at radius 3 is 0.960 bits per heavy atom. The van der Waals surface area contributed by atoms with Crippen molar-refractivity contribution in [3.05, 3.63) is 340 Å². The van der Waals surface area contributed by atoms with Gasteiger partial charge in [0.15, 0.2) is 46.1 Å². The van der Waals surface area contributed by atoms with Crippen LogP contribution < -0.4 is 0 Å². The highest BCUT2D eigenvalue weighted by molar-refractivity contribution is 6.18. The van der Waals surface area contributed by atoms with Crippen LogP contribution in [0.15, 0.2) is 349 Å². The fraction of sp³-hybridized carbons (Fsp3) is 0. The zero-order valence-corrected chi connectivity index (χ0v) is 53.7. The molecular formula is C90H56N8O2. The summed E-state index contributed by atoms with van der Waals surface area (Å²) in [4.78, 5) is 30.1. The zero-order valence-electron chi connectivity index (χ0n) is 53.7. The molecular weight excluding hydrogens is 1230 g/mol. The third-order valence-corrected chi connectivity index (χ3v) is 18.9. The van der Waals surface area contributed by atoms with Crippen LogP contribution in [0.4, 0.5) is 0 Å². The minimum absolute atomic E-state index is 0.598. The number of hydrogen-bond donors (Lipinski definition) is 0. The van der Waals surface area contributed by atoms with Gasteiger partial charge in [0.1, 0.15) is 11.2 Å². The molecule has 0 spiro atoms. The van der Waals surface area contributed by atoms with Gasteiger partial charge in [-0.25, -0.2) is 29.9 Å². The molecule has 20 rings (SSSR count). The summed E-state index contributed by atoms with van der Waals surface area (Å²) in [6, 6.07) is 117. The standard InChI is InChI=1S/2C45H28N4O/c1-4-14-29(15-5-1)32-26-27-34-33-20-10-11-23-37(33)49(39(34)28-32)38-24-12-21-35-41-36(22-13-25-40(41)50-42(35)38)45-47-43(30-16-6-2-7-17-30)46-44(48-45)31-18-8-3-9-19-31;1-4-14-29(15-5-1)32-26-27-38-36(28-32)33-20-10-11-23-37(33)49(38)39-24-12-21-34-41-35(22-13-25-40(41)50-42(34)39)45-47-43(30-16-6-2-7-17-30)46-44(48-45)31-18-8-3-9-19-31/h2*1-28H. The van der Waals surface area contributed by atoms with Gasteiger partial charge >= 0.3 is 0 Å². The molecule has 0 saturated carbocycles. The Hall–Kier alpha value is -13.7. The molecule has 0 aliphatic rings. The highest BCUT2D eigenvalue weighted by Gasteiger charge is 2.25. The molecule has 10 nitrogen and oxygen atoms in total. The van der Waals surface area contributed by atoms with E-state index in [0.717, 1.165) is 111 Å². The van der Waals surface area contributed by atoms with E-state index in [2.05, 4.69) is 203 Å². The highest BCUT2D eigenvalue weighted by atomic mass is 16.3. The van der Waals surface area contributed by atoms with Crippen molar-refractivity contribution >= 4 is 87.5 Å². The third kappa shape index (κ3) is 9.96. The van der Waals surface area contributed by atoms with Crippen molar-refractivity contribution in [3.8, 4) is 102 Å². The van der Waals surface area contributed by atoms with Crippen molar-refractivity contribution in [2.24, 2.45) is 0 Å². The number of aromatic nitrogens is 8. The van der Waals surface area contributed by atoms with Crippen molar-refractivity contribution < 1.29 is 8.83 Å². The first-order valence-corrected chi connectivity index (χ1v) is 33.4. The molecule has 468 valence electrons. The number of hydrogen-bond acceptors (Lipinski definition) is 8. The van der Waals surface area contributed by atoms with E-state index in [1.807, 2.05) is 146 Å². The Morgan fingerprint density at radius 1 is 0.200 bits per heavy atom. The predicted octanol–water partition coefficient (Wildman–Crippen LogP) is 23.1. The van der Waals surface area contributed by atoms with E-state index in [-0.39, 0.29) is 0 Å². The van der Waals surface area contributed by atoms with Crippen LogP contribution in [0, 0.1) is 0 Å². The van der Waals surface area contributed by atoms with Crippen molar-refractivity contribution in [2.45, 2.75) is 0 Å². The Morgan fingerprint density at radius 2 is 0.520 bits per heavy atom. The average molecular weight is 1280 g/mol. The molecule has 0 aliphatic heterocycles. The molecule has 6 heterocycles. The molecule has 0 unspecified atom stereocenters. The maximum Gasteiger partial charge on any atom is 0.164 e. The summed E-state index contributed by atoms with van der Waals surface area (Å²) < 4.78 is 18.3. The monoisotopic (exact) mass is 1280 g/mol. The smallest absolute Gasteiger partial charge is 0.164 e. The Labute approximate surface area is 573 Å². The lowest BCUT2D eigenvalue weighted by atomic mass is 10.0. The molecule has 20 aromatic rings. The second-order valence-electron chi connectivity index (χ2n) is 24.8. The van der Waals surface area contributed by atoms with Gasteiger partial charge in [0.25, 0.3) is 0 Å². The summed E-state index contributed by atoms with van der Waals surface area (Å²) in [7, 11) is 0. The fourth-order valence-corrected chi connectivity index (χ4v) is 14.3. The summed E-state index contributed by atoms with van der Waals surface area (Å²) in [5, 5.41) is 8.73. The molecule has 100 heavy (non-hydrogen) atoms. The lowest BCUT2D eigenvalue weighted by molar-refractivity contribution is 0.666. The van der Waals surface area contributed by atoms with Crippen molar-refractivity contribution in [2.75, 3.05) is 0 Å². The van der Waals surface area contributed by atoms with Crippen LogP contribution in [-0.2, 0) is 0 Å². The van der Waals surface area contributed by atoms with E-state index in [1.54, 1.807) is 0 Å². The van der Waals surface area contributed by atoms with Gasteiger partial charge in [-0.2, -0.15) is 0 Å². The summed E-state index contributed by atoms with van der Waals surface area (Å²) in [5.41, 5.74) is 19.9. The van der Waals surface area contributed by atoms with Crippen LogP contribution in [0.1, 0.15) is 0 Å². The molecule has 0 saturated heterocycles. The lowest BCUT2D eigenvalue weighted by Gasteiger charge is -2.10. The van der Waals surface area contributed by atoms with E-state index in [1.165, 1.54) is 43.8 Å². The van der Waals surface area contributed by atoms with Crippen molar-refractivity contribution in [3.63, 3.8) is 0 Å². The van der Waals surface area contributed by atoms with Gasteiger partial charge in [0, 0.05) is 76.5 Å². The summed E-state index contributed by atoms with van der Waals surface area (Å²) in [6.07, 6.45) is 0. The summed E-state index contributed by atoms with van der Waals surface area (Å²) in [5.74, 6) is 3.70. The quantitative estimate of drug-likeness (QED) is 0.133. The lowest BCUT2D eigenvalue weighted by Crippen LogP contribution is -2.00. The minimum Gasteiger partial charge on any atom is -0.454 e. The van der Waals surface area contributed by atoms with Gasteiger partial charge in [-0.3, -0.25) is 0 Å². The van der Waals surface area contributed by atoms with Crippen LogP contribution in [-0.4, -0.2) is 39.0 Å². The SMILES string of the molecule is c1ccc(-c2ccc3c(c2)c2ccccc2n3-c2cccc3c2oc2cccc(-c4nc(-c5ccccc5)nc(-c5ccccc5)n4)c23)cc1.c1ccc(-c2ccc3c4ccccc4n(-c4cccc5c4oc4cccc(-c6nc(-c7ccccc7)nc(-c7ccccc7)n6)c45)c3c2)cc1. The molecule has 14 aromatic carbocycles. The van der Waals surface area contributed by atoms with E-state index < -0.39 is 0 Å². The van der Waals surface area contributed by atoms with E-state index in [4.69, 9.17) is 38.7 Å². The van der Waals surface area contributed by atoms with Crippen molar-refractivity contribution in [1.29, 1.82) is 0 Å². The number of para-hydroxylation sites is 4. The van der Waals surface area contributed by atoms with Crippen LogP contribution in [0.25, 0.3) is 189 Å². The largest absolute Gasteiger partial charge is 0.454 e. The first-order valence-electron chi connectivity index (χ1n) is 33.4. The van der Waals surface area contributed by atoms with Gasteiger partial charge in [-0.1, -0.05) is 285 Å². The molecule has 0 amide bonds. The van der Waals surface area contributed by atoms with Crippen LogP contribution >= 0.6 is 0 Å². The number of rotatable bonds is 10. The summed E-state index contributed by atoms with van der Waals surface area (Å²) >= 11 is 0. The number of furan rings is 2. The number of fused-ring (bicyclic) bond motifs is 12. The summed E-state index contributed by atoms with van der Waals surface area (Å²) in [6.45, 7) is 0.